The maximum Gasteiger partial charge on any atom is 0.321 e. The molecule has 1 aromatic carbocycles. The Morgan fingerprint density at radius 2 is 1.91 bits per heavy atom. The summed E-state index contributed by atoms with van der Waals surface area (Å²) in [6.45, 7) is 2.67. The Kier molecular flexibility index (Phi) is 4.84. The average molecular weight is 315 g/mol. The van der Waals surface area contributed by atoms with Gasteiger partial charge in [-0.05, 0) is 37.8 Å². The van der Waals surface area contributed by atoms with Crippen LogP contribution in [0, 0.1) is 0 Å². The van der Waals surface area contributed by atoms with E-state index in [0.717, 1.165) is 44.3 Å². The van der Waals surface area contributed by atoms with E-state index in [-0.39, 0.29) is 24.0 Å². The van der Waals surface area contributed by atoms with Gasteiger partial charge in [-0.25, -0.2) is 4.79 Å². The fraction of sp³-hybridized carbons (Fsp3) is 0.556. The van der Waals surface area contributed by atoms with Crippen molar-refractivity contribution >= 4 is 17.6 Å². The van der Waals surface area contributed by atoms with Gasteiger partial charge in [0.05, 0.1) is 0 Å². The highest BCUT2D eigenvalue weighted by Gasteiger charge is 2.28. The lowest BCUT2D eigenvalue weighted by Crippen LogP contribution is -2.51. The van der Waals surface area contributed by atoms with E-state index in [2.05, 4.69) is 21.6 Å². The largest absolute Gasteiger partial charge is 0.359 e. The Morgan fingerprint density at radius 3 is 2.70 bits per heavy atom. The first-order valence-electron chi connectivity index (χ1n) is 8.61. The molecule has 0 saturated heterocycles. The summed E-state index contributed by atoms with van der Waals surface area (Å²) in [5.74, 6) is -0.241. The quantitative estimate of drug-likeness (QED) is 0.901. The molecular formula is C18H25N3O2. The van der Waals surface area contributed by atoms with Gasteiger partial charge < -0.3 is 10.2 Å². The predicted octanol–water partition coefficient (Wildman–Crippen LogP) is 2.60. The lowest BCUT2D eigenvalue weighted by atomic mass is 9.96. The van der Waals surface area contributed by atoms with Crippen molar-refractivity contribution in [1.29, 1.82) is 0 Å². The number of hydrogen-bond donors (Lipinski definition) is 2. The van der Waals surface area contributed by atoms with Gasteiger partial charge in [-0.1, -0.05) is 37.5 Å². The van der Waals surface area contributed by atoms with Gasteiger partial charge in [0.15, 0.2) is 0 Å². The minimum absolute atomic E-state index is 0.208. The van der Waals surface area contributed by atoms with Crippen LogP contribution in [0.4, 0.5) is 10.5 Å². The highest BCUT2D eigenvalue weighted by Crippen LogP contribution is 2.29. The van der Waals surface area contributed by atoms with E-state index in [4.69, 9.17) is 0 Å². The normalized spacial score (nSPS) is 19.1. The van der Waals surface area contributed by atoms with Gasteiger partial charge in [0.1, 0.15) is 6.04 Å². The molecule has 2 aliphatic rings. The van der Waals surface area contributed by atoms with Crippen LogP contribution in [-0.4, -0.2) is 30.6 Å². The van der Waals surface area contributed by atoms with E-state index < -0.39 is 0 Å². The SMILES string of the molecule is C[C@H](C(=O)NC(=O)NC1CCCCC1)N1CCc2ccccc21. The molecule has 3 rings (SSSR count). The Bertz CT molecular complexity index is 581. The number of rotatable bonds is 3. The number of nitrogens with zero attached hydrogens (tertiary/aromatic N) is 1. The van der Waals surface area contributed by atoms with Gasteiger partial charge in [-0.3, -0.25) is 10.1 Å². The molecule has 1 aliphatic carbocycles. The lowest BCUT2D eigenvalue weighted by molar-refractivity contribution is -0.121. The zero-order valence-electron chi connectivity index (χ0n) is 13.7. The van der Waals surface area contributed by atoms with Gasteiger partial charge >= 0.3 is 6.03 Å². The number of hydrogen-bond acceptors (Lipinski definition) is 3. The van der Waals surface area contributed by atoms with E-state index in [9.17, 15) is 9.59 Å². The topological polar surface area (TPSA) is 61.4 Å². The molecule has 23 heavy (non-hydrogen) atoms. The van der Waals surface area contributed by atoms with E-state index >= 15 is 0 Å². The van der Waals surface area contributed by atoms with Gasteiger partial charge in [0.25, 0.3) is 0 Å². The molecule has 1 saturated carbocycles. The van der Waals surface area contributed by atoms with Crippen LogP contribution in [0.3, 0.4) is 0 Å². The van der Waals surface area contributed by atoms with Crippen molar-refractivity contribution < 1.29 is 9.59 Å². The second-order valence-corrected chi connectivity index (χ2v) is 6.55. The van der Waals surface area contributed by atoms with Crippen molar-refractivity contribution in [2.75, 3.05) is 11.4 Å². The van der Waals surface area contributed by atoms with E-state index in [1.807, 2.05) is 25.1 Å². The third-order valence-electron chi connectivity index (χ3n) is 4.95. The molecule has 5 nitrogen and oxygen atoms in total. The molecule has 1 aromatic rings. The third kappa shape index (κ3) is 3.66. The van der Waals surface area contributed by atoms with Crippen molar-refractivity contribution in [3.8, 4) is 0 Å². The smallest absolute Gasteiger partial charge is 0.321 e. The number of nitrogens with one attached hydrogen (secondary N) is 2. The molecule has 1 fully saturated rings. The highest BCUT2D eigenvalue weighted by molar-refractivity contribution is 5.98. The van der Waals surface area contributed by atoms with Crippen LogP contribution in [0.2, 0.25) is 0 Å². The molecule has 5 heteroatoms. The standard InChI is InChI=1S/C18H25N3O2/c1-13(21-12-11-14-7-5-6-10-16(14)21)17(22)20-18(23)19-15-8-3-2-4-9-15/h5-7,10,13,15H,2-4,8-9,11-12H2,1H3,(H2,19,20,22,23)/t13-/m1/s1. The summed E-state index contributed by atoms with van der Waals surface area (Å²) < 4.78 is 0. The molecule has 1 aliphatic heterocycles. The molecule has 1 heterocycles. The average Bonchev–Trinajstić information content (AvgIpc) is 2.99. The summed E-state index contributed by atoms with van der Waals surface area (Å²) in [6, 6.07) is 7.63. The molecule has 2 N–H and O–H groups in total. The Labute approximate surface area is 137 Å². The van der Waals surface area contributed by atoms with Crippen molar-refractivity contribution in [2.24, 2.45) is 0 Å². The second-order valence-electron chi connectivity index (χ2n) is 6.55. The molecular weight excluding hydrogens is 290 g/mol. The fourth-order valence-corrected chi connectivity index (χ4v) is 3.59. The number of amides is 3. The molecule has 0 unspecified atom stereocenters. The highest BCUT2D eigenvalue weighted by atomic mass is 16.2. The van der Waals surface area contributed by atoms with Crippen LogP contribution in [0.15, 0.2) is 24.3 Å². The number of fused-ring (bicyclic) bond motifs is 1. The van der Waals surface area contributed by atoms with Gasteiger partial charge in [0, 0.05) is 18.3 Å². The summed E-state index contributed by atoms with van der Waals surface area (Å²) in [4.78, 5) is 26.5. The molecule has 0 spiro atoms. The number of urea groups is 1. The number of anilines is 1. The van der Waals surface area contributed by atoms with Gasteiger partial charge in [-0.2, -0.15) is 0 Å². The zero-order valence-corrected chi connectivity index (χ0v) is 13.7. The van der Waals surface area contributed by atoms with Crippen molar-refractivity contribution in [2.45, 2.75) is 57.5 Å². The van der Waals surface area contributed by atoms with Gasteiger partial charge in [0.2, 0.25) is 5.91 Å². The van der Waals surface area contributed by atoms with Crippen LogP contribution < -0.4 is 15.5 Å². The van der Waals surface area contributed by atoms with Crippen LogP contribution in [0.5, 0.6) is 0 Å². The first kappa shape index (κ1) is 15.8. The first-order valence-corrected chi connectivity index (χ1v) is 8.61. The lowest BCUT2D eigenvalue weighted by Gasteiger charge is -2.27. The summed E-state index contributed by atoms with van der Waals surface area (Å²) in [5, 5.41) is 5.43. The van der Waals surface area contributed by atoms with E-state index in [1.54, 1.807) is 0 Å². The second kappa shape index (κ2) is 7.02. The summed E-state index contributed by atoms with van der Waals surface area (Å²) in [7, 11) is 0. The predicted molar refractivity (Wildman–Crippen MR) is 90.5 cm³/mol. The van der Waals surface area contributed by atoms with Crippen LogP contribution in [0.25, 0.3) is 0 Å². The van der Waals surface area contributed by atoms with Crippen molar-refractivity contribution in [3.63, 3.8) is 0 Å². The summed E-state index contributed by atoms with van der Waals surface area (Å²) >= 11 is 0. The number of carbonyl (C=O) groups is 2. The van der Waals surface area contributed by atoms with Crippen LogP contribution in [0.1, 0.15) is 44.6 Å². The van der Waals surface area contributed by atoms with Crippen LogP contribution >= 0.6 is 0 Å². The minimum atomic E-state index is -0.360. The zero-order chi connectivity index (χ0) is 16.2. The Balaban J connectivity index is 1.54. The van der Waals surface area contributed by atoms with E-state index in [0.29, 0.717) is 0 Å². The van der Waals surface area contributed by atoms with Crippen LogP contribution in [-0.2, 0) is 11.2 Å². The monoisotopic (exact) mass is 315 g/mol. The molecule has 0 aromatic heterocycles. The van der Waals surface area contributed by atoms with Gasteiger partial charge in [-0.15, -0.1) is 0 Å². The van der Waals surface area contributed by atoms with Crippen molar-refractivity contribution in [3.05, 3.63) is 29.8 Å². The molecule has 3 amide bonds. The number of benzene rings is 1. The molecule has 0 bridgehead atoms. The fourth-order valence-electron chi connectivity index (χ4n) is 3.59. The third-order valence-corrected chi connectivity index (χ3v) is 4.95. The van der Waals surface area contributed by atoms with Crippen molar-refractivity contribution in [1.82, 2.24) is 10.6 Å². The number of imide groups is 1. The Hall–Kier alpha value is -2.04. The minimum Gasteiger partial charge on any atom is -0.359 e. The van der Waals surface area contributed by atoms with E-state index in [1.165, 1.54) is 12.0 Å². The Morgan fingerprint density at radius 1 is 1.17 bits per heavy atom. The maximum atomic E-state index is 12.4. The molecule has 1 atom stereocenters. The number of para-hydroxylation sites is 1. The number of carbonyl (C=O) groups excluding carboxylic acids is 2. The maximum absolute atomic E-state index is 12.4. The first-order chi connectivity index (χ1) is 11.1. The molecule has 0 radical (unpaired) electrons. The summed E-state index contributed by atoms with van der Waals surface area (Å²) in [6.07, 6.45) is 6.51. The summed E-state index contributed by atoms with van der Waals surface area (Å²) in [5.41, 5.74) is 2.36. The molecule has 124 valence electrons.